The van der Waals surface area contributed by atoms with E-state index < -0.39 is 28.2 Å². The van der Waals surface area contributed by atoms with Gasteiger partial charge in [-0.05, 0) is 36.4 Å². The third-order valence-corrected chi connectivity index (χ3v) is 5.41. The number of nitrogens with two attached hydrogens (primary N) is 1. The Balaban J connectivity index is 1.91. The quantitative estimate of drug-likeness (QED) is 0.407. The van der Waals surface area contributed by atoms with Crippen LogP contribution in [0.3, 0.4) is 0 Å². The summed E-state index contributed by atoms with van der Waals surface area (Å²) in [6.07, 6.45) is 2.31. The number of nitrogen functional groups attached to an aromatic ring is 1. The summed E-state index contributed by atoms with van der Waals surface area (Å²) >= 11 is 5.93. The summed E-state index contributed by atoms with van der Waals surface area (Å²) in [7, 11) is -1.93. The average molecular weight is 456 g/mol. The molecule has 31 heavy (non-hydrogen) atoms. The van der Waals surface area contributed by atoms with Gasteiger partial charge < -0.3 is 11.1 Å². The van der Waals surface area contributed by atoms with Gasteiger partial charge in [-0.15, -0.1) is 0 Å². The van der Waals surface area contributed by atoms with E-state index in [0.29, 0.717) is 11.1 Å². The number of pyridine rings is 1. The van der Waals surface area contributed by atoms with Crippen molar-refractivity contribution in [3.05, 3.63) is 81.5 Å². The Morgan fingerprint density at radius 3 is 2.68 bits per heavy atom. The van der Waals surface area contributed by atoms with Crippen LogP contribution in [0.15, 0.2) is 47.5 Å². The molecule has 0 aliphatic carbocycles. The molecule has 0 aliphatic heterocycles. The summed E-state index contributed by atoms with van der Waals surface area (Å²) < 4.78 is 44.0. The normalized spacial score (nSPS) is 11.0. The third-order valence-electron chi connectivity index (χ3n) is 4.01. The van der Waals surface area contributed by atoms with Crippen LogP contribution >= 0.6 is 11.6 Å². The molecule has 6 nitrogen and oxygen atoms in total. The summed E-state index contributed by atoms with van der Waals surface area (Å²) in [4.78, 5) is 4.07. The highest BCUT2D eigenvalue weighted by atomic mass is 35.5. The van der Waals surface area contributed by atoms with Crippen LogP contribution in [0.5, 0.6) is 0 Å². The minimum Gasteiger partial charge on any atom is -0.383 e. The summed E-state index contributed by atoms with van der Waals surface area (Å²) in [6.45, 7) is 0. The van der Waals surface area contributed by atoms with E-state index in [0.717, 1.165) is 18.3 Å². The molecule has 154 valence electrons. The second-order valence-corrected chi connectivity index (χ2v) is 7.62. The monoisotopic (exact) mass is 455 g/mol. The molecule has 4 N–H and O–H groups in total. The van der Waals surface area contributed by atoms with E-state index in [9.17, 15) is 13.0 Å². The SMILES string of the molecule is N#Cc1ccc(S(=O)Nc2ccc(F)c(C#Cc3cnc(N)c(C=N)c3)c2F)cc1Cl. The topological polar surface area (TPSA) is 116 Å². The molecule has 2 aromatic carbocycles. The maximum atomic E-state index is 14.8. The standard InChI is InChI=1S/C21H12ClF2N5OS/c22-17-8-15(3-2-13(17)9-25)31(30)29-19-6-5-18(23)16(20(19)24)4-1-12-7-14(10-26)21(27)28-11-12/h2-3,5-8,10-11,26,29H,(H2,27,28). The molecule has 0 saturated heterocycles. The molecule has 3 rings (SSSR count). The fourth-order valence-electron chi connectivity index (χ4n) is 2.42. The molecule has 1 atom stereocenters. The van der Waals surface area contributed by atoms with Gasteiger partial charge in [0.15, 0.2) is 5.82 Å². The van der Waals surface area contributed by atoms with E-state index in [1.54, 1.807) is 0 Å². The van der Waals surface area contributed by atoms with Crippen molar-refractivity contribution in [3.63, 3.8) is 0 Å². The van der Waals surface area contributed by atoms with Gasteiger partial charge >= 0.3 is 0 Å². The van der Waals surface area contributed by atoms with Gasteiger partial charge in [-0.1, -0.05) is 23.4 Å². The molecular formula is C21H12ClF2N5OS. The summed E-state index contributed by atoms with van der Waals surface area (Å²) in [5.41, 5.74) is 5.66. The zero-order valence-corrected chi connectivity index (χ0v) is 17.1. The highest BCUT2D eigenvalue weighted by Crippen LogP contribution is 2.24. The van der Waals surface area contributed by atoms with Gasteiger partial charge in [-0.2, -0.15) is 5.26 Å². The lowest BCUT2D eigenvalue weighted by Crippen LogP contribution is -2.08. The van der Waals surface area contributed by atoms with Crippen molar-refractivity contribution in [3.8, 4) is 17.9 Å². The van der Waals surface area contributed by atoms with Gasteiger partial charge in [-0.3, -0.25) is 4.72 Å². The molecule has 3 aromatic rings. The van der Waals surface area contributed by atoms with E-state index in [1.165, 1.54) is 30.5 Å². The minimum atomic E-state index is -1.93. The predicted octanol–water partition coefficient (Wildman–Crippen LogP) is 4.00. The van der Waals surface area contributed by atoms with Crippen LogP contribution in [0.2, 0.25) is 5.02 Å². The van der Waals surface area contributed by atoms with Crippen LogP contribution in [0.1, 0.15) is 22.3 Å². The van der Waals surface area contributed by atoms with Crippen LogP contribution in [-0.2, 0) is 11.0 Å². The summed E-state index contributed by atoms with van der Waals surface area (Å²) in [5.74, 6) is 3.17. The molecule has 0 bridgehead atoms. The number of nitriles is 1. The molecule has 0 aliphatic rings. The second-order valence-electron chi connectivity index (χ2n) is 6.00. The first-order valence-corrected chi connectivity index (χ1v) is 10.0. The number of nitrogens with one attached hydrogen (secondary N) is 2. The van der Waals surface area contributed by atoms with Crippen molar-refractivity contribution in [2.75, 3.05) is 10.5 Å². The van der Waals surface area contributed by atoms with Gasteiger partial charge in [0.1, 0.15) is 28.7 Å². The van der Waals surface area contributed by atoms with Crippen LogP contribution in [0.4, 0.5) is 20.3 Å². The zero-order valence-electron chi connectivity index (χ0n) is 15.5. The van der Waals surface area contributed by atoms with Crippen molar-refractivity contribution < 1.29 is 13.0 Å². The van der Waals surface area contributed by atoms with Crippen molar-refractivity contribution in [1.82, 2.24) is 4.98 Å². The lowest BCUT2D eigenvalue weighted by Gasteiger charge is -2.09. The highest BCUT2D eigenvalue weighted by molar-refractivity contribution is 7.86. The molecule has 0 spiro atoms. The van der Waals surface area contributed by atoms with Crippen LogP contribution in [0, 0.1) is 40.2 Å². The highest BCUT2D eigenvalue weighted by Gasteiger charge is 2.15. The molecule has 1 aromatic heterocycles. The van der Waals surface area contributed by atoms with E-state index in [-0.39, 0.29) is 27.0 Å². The van der Waals surface area contributed by atoms with Crippen molar-refractivity contribution in [1.29, 1.82) is 10.7 Å². The minimum absolute atomic E-state index is 0.0997. The molecular weight excluding hydrogens is 444 g/mol. The Hall–Kier alpha value is -3.79. The Bertz CT molecular complexity index is 1330. The number of rotatable bonds is 4. The maximum Gasteiger partial charge on any atom is 0.165 e. The maximum absolute atomic E-state index is 14.8. The smallest absolute Gasteiger partial charge is 0.165 e. The molecule has 0 saturated carbocycles. The number of halogens is 3. The first kappa shape index (κ1) is 21.9. The number of anilines is 2. The van der Waals surface area contributed by atoms with E-state index in [1.807, 2.05) is 6.07 Å². The van der Waals surface area contributed by atoms with Gasteiger partial charge in [0.25, 0.3) is 0 Å². The first-order valence-electron chi connectivity index (χ1n) is 8.48. The van der Waals surface area contributed by atoms with Crippen molar-refractivity contribution >= 4 is 40.3 Å². The van der Waals surface area contributed by atoms with Gasteiger partial charge in [0.2, 0.25) is 0 Å². The Morgan fingerprint density at radius 2 is 2.00 bits per heavy atom. The number of benzene rings is 2. The van der Waals surface area contributed by atoms with Crippen LogP contribution in [-0.4, -0.2) is 15.4 Å². The van der Waals surface area contributed by atoms with E-state index >= 15 is 0 Å². The molecule has 0 fully saturated rings. The van der Waals surface area contributed by atoms with Crippen LogP contribution in [0.25, 0.3) is 0 Å². The molecule has 1 unspecified atom stereocenters. The molecule has 1 heterocycles. The predicted molar refractivity (Wildman–Crippen MR) is 115 cm³/mol. The third kappa shape index (κ3) is 4.86. The lowest BCUT2D eigenvalue weighted by atomic mass is 10.1. The van der Waals surface area contributed by atoms with Gasteiger partial charge in [0.05, 0.1) is 26.7 Å². The molecule has 0 amide bonds. The number of hydrogen-bond donors (Lipinski definition) is 3. The van der Waals surface area contributed by atoms with Crippen molar-refractivity contribution in [2.45, 2.75) is 4.90 Å². The first-order chi connectivity index (χ1) is 14.8. The fourth-order valence-corrected chi connectivity index (χ4v) is 3.60. The second kappa shape index (κ2) is 9.35. The zero-order chi connectivity index (χ0) is 22.5. The van der Waals surface area contributed by atoms with E-state index in [4.69, 9.17) is 28.0 Å². The van der Waals surface area contributed by atoms with Gasteiger partial charge in [-0.25, -0.2) is 18.0 Å². The lowest BCUT2D eigenvalue weighted by molar-refractivity contribution is 0.580. The fraction of sp³-hybridized carbons (Fsp3) is 0. The Kier molecular flexibility index (Phi) is 6.61. The summed E-state index contributed by atoms with van der Waals surface area (Å²) in [5, 5.41) is 16.3. The van der Waals surface area contributed by atoms with E-state index in [2.05, 4.69) is 21.5 Å². The van der Waals surface area contributed by atoms with Crippen molar-refractivity contribution in [2.24, 2.45) is 0 Å². The van der Waals surface area contributed by atoms with Crippen LogP contribution < -0.4 is 10.5 Å². The Labute approximate surface area is 183 Å². The summed E-state index contributed by atoms with van der Waals surface area (Å²) in [6, 6.07) is 9.54. The Morgan fingerprint density at radius 1 is 1.23 bits per heavy atom. The number of nitrogens with zero attached hydrogens (tertiary/aromatic N) is 2. The van der Waals surface area contributed by atoms with Gasteiger partial charge in [0, 0.05) is 23.5 Å². The number of aromatic nitrogens is 1. The molecule has 10 heteroatoms. The average Bonchev–Trinajstić information content (AvgIpc) is 2.76. The number of hydrogen-bond acceptors (Lipinski definition) is 5. The molecule has 0 radical (unpaired) electrons. The largest absolute Gasteiger partial charge is 0.383 e.